The molecule has 0 bridgehead atoms. The minimum Gasteiger partial charge on any atom is -0.310 e. The van der Waals surface area contributed by atoms with Crippen molar-refractivity contribution in [3.05, 3.63) is 422 Å². The summed E-state index contributed by atoms with van der Waals surface area (Å²) in [4.78, 5) is 14.8. The van der Waals surface area contributed by atoms with Crippen molar-refractivity contribution < 1.29 is 0 Å². The molecular weight excluding hydrogens is 1440 g/mol. The maximum Gasteiger partial charge on any atom is 0.0473 e. The molecule has 4 aliphatic rings. The second-order valence-corrected chi connectivity index (χ2v) is 34.3. The Kier molecular flexibility index (Phi) is 15.7. The molecule has 23 rings (SSSR count). The minimum atomic E-state index is -0.386. The highest BCUT2D eigenvalue weighted by Gasteiger charge is 2.41. The van der Waals surface area contributed by atoms with Gasteiger partial charge in [-0.1, -0.05) is 269 Å². The second kappa shape index (κ2) is 26.8. The maximum atomic E-state index is 2.50. The van der Waals surface area contributed by atoms with Crippen molar-refractivity contribution in [3.63, 3.8) is 0 Å². The van der Waals surface area contributed by atoms with E-state index in [0.29, 0.717) is 0 Å². The summed E-state index contributed by atoms with van der Waals surface area (Å²) in [6, 6.07) is 148. The van der Waals surface area contributed by atoms with E-state index in [9.17, 15) is 0 Å². The summed E-state index contributed by atoms with van der Waals surface area (Å²) in [5, 5.41) is 12.5. The van der Waals surface area contributed by atoms with Crippen molar-refractivity contribution in [3.8, 4) is 44.5 Å². The number of rotatable bonds is 14. The number of para-hydroxylation sites is 4. The summed E-state index contributed by atoms with van der Waals surface area (Å²) in [6.45, 7) is 7.22. The first-order valence-corrected chi connectivity index (χ1v) is 41.8. The lowest BCUT2D eigenvalue weighted by atomic mass is 9.75. The molecule has 0 amide bonds. The molecule has 1 unspecified atom stereocenters. The van der Waals surface area contributed by atoms with Crippen LogP contribution in [0.25, 0.3) is 98.4 Å². The van der Waals surface area contributed by atoms with Gasteiger partial charge in [-0.25, -0.2) is 0 Å². The lowest BCUT2D eigenvalue weighted by Gasteiger charge is -2.32. The van der Waals surface area contributed by atoms with E-state index in [-0.39, 0.29) is 10.8 Å². The standard InChI is InChI=1S/C110H76N4S2/c1-109(2)99-41-20-18-37-87(99)89-55-51-83(65-101(89)109)113(77-32-12-6-13-33-77)85-53-57-91-97-61-73-46-49-81(63-95(73)93-39-23-43-103(107(93)97)115-105(91)67-85)111(75-28-8-4-9-29-75)79-36-22-25-70(59-79)69-110(3)100-42-21-19-38-88(100)90-56-52-84(66-102(90)110)114(78-34-14-7-15-35-78)86-54-58-92-98-62-74-47-50-82(64-96(74)94-40-24-44-104(108(94)98)116-106(92)68-86)112(76-30-10-5-11-31-76)80-48-45-71-26-16-17-27-72(71)60-80/h4-68H,69H2,1-3H3. The van der Waals surface area contributed by atoms with Crippen LogP contribution in [0.4, 0.5) is 68.2 Å². The summed E-state index contributed by atoms with van der Waals surface area (Å²) in [5.74, 6) is 0. The van der Waals surface area contributed by atoms with E-state index >= 15 is 0 Å². The van der Waals surface area contributed by atoms with Crippen molar-refractivity contribution in [1.29, 1.82) is 0 Å². The van der Waals surface area contributed by atoms with Crippen LogP contribution in [0.15, 0.2) is 414 Å². The maximum absolute atomic E-state index is 2.50. The molecule has 19 aromatic rings. The van der Waals surface area contributed by atoms with Gasteiger partial charge in [-0.15, -0.1) is 0 Å². The van der Waals surface area contributed by atoms with Crippen molar-refractivity contribution in [2.24, 2.45) is 0 Å². The number of hydrogen-bond acceptors (Lipinski definition) is 6. The lowest BCUT2D eigenvalue weighted by Crippen LogP contribution is -2.24. The predicted octanol–water partition coefficient (Wildman–Crippen LogP) is 31.4. The highest BCUT2D eigenvalue weighted by Crippen LogP contribution is 2.58. The van der Waals surface area contributed by atoms with Crippen LogP contribution in [0.2, 0.25) is 0 Å². The Morgan fingerprint density at radius 2 is 0.569 bits per heavy atom. The first kappa shape index (κ1) is 68.0. The monoisotopic (exact) mass is 1520 g/mol. The summed E-state index contributed by atoms with van der Waals surface area (Å²) in [6.07, 6.45) is 0.787. The van der Waals surface area contributed by atoms with Gasteiger partial charge in [-0.05, 0) is 292 Å². The van der Waals surface area contributed by atoms with Crippen molar-refractivity contribution >= 4 is 146 Å². The summed E-state index contributed by atoms with van der Waals surface area (Å²) in [5.41, 5.74) is 29.9. The molecule has 0 N–H and O–H groups in total. The third kappa shape index (κ3) is 10.9. The fourth-order valence-electron chi connectivity index (χ4n) is 19.7. The highest BCUT2D eigenvalue weighted by molar-refractivity contribution is 8.00. The van der Waals surface area contributed by atoms with E-state index < -0.39 is 0 Å². The van der Waals surface area contributed by atoms with Crippen LogP contribution in [0, 0.1) is 0 Å². The van der Waals surface area contributed by atoms with Gasteiger partial charge in [0.05, 0.1) is 0 Å². The van der Waals surface area contributed by atoms with Crippen LogP contribution in [0.1, 0.15) is 48.6 Å². The molecule has 2 heterocycles. The minimum absolute atomic E-state index is 0.122. The Hall–Kier alpha value is -13.6. The number of hydrogen-bond donors (Lipinski definition) is 0. The Bertz CT molecular complexity index is 7260. The van der Waals surface area contributed by atoms with Gasteiger partial charge in [-0.2, -0.15) is 0 Å². The lowest BCUT2D eigenvalue weighted by molar-refractivity contribution is 0.583. The SMILES string of the molecule is CC1(C)c2ccccc2-c2ccc(N(c3ccccc3)c3ccc4c(c3)Sc3cccc5c3c-4cc3ccc(N(c4ccccc4)c4cccc(CC6(C)c7ccccc7-c7ccc(N(c8ccccc8)c8ccc9c(c8)Sc8cccc%10c8c-9cc8ccc(N(c9ccccc9)c9ccc%11ccccc%11c9)cc8%10)cc76)c4)cc35)cc21. The summed E-state index contributed by atoms with van der Waals surface area (Å²) in [7, 11) is 0. The van der Waals surface area contributed by atoms with Gasteiger partial charge in [-0.3, -0.25) is 0 Å². The third-order valence-corrected chi connectivity index (χ3v) is 27.3. The van der Waals surface area contributed by atoms with Crippen molar-refractivity contribution in [1.82, 2.24) is 0 Å². The van der Waals surface area contributed by atoms with Crippen LogP contribution in [-0.4, -0.2) is 0 Å². The van der Waals surface area contributed by atoms with Crippen LogP contribution in [-0.2, 0) is 17.3 Å². The molecule has 0 radical (unpaired) electrons. The highest BCUT2D eigenvalue weighted by atomic mass is 32.2. The van der Waals surface area contributed by atoms with Gasteiger partial charge in [0.25, 0.3) is 0 Å². The number of benzene rings is 19. The molecule has 1 atom stereocenters. The quantitative estimate of drug-likeness (QED) is 0.0999. The van der Waals surface area contributed by atoms with Crippen LogP contribution >= 0.6 is 23.5 Å². The first-order chi connectivity index (χ1) is 57.1. The molecule has 0 saturated carbocycles. The number of fused-ring (bicyclic) bond motifs is 15. The molecule has 2 aliphatic carbocycles. The smallest absolute Gasteiger partial charge is 0.0473 e. The Morgan fingerprint density at radius 1 is 0.207 bits per heavy atom. The topological polar surface area (TPSA) is 13.0 Å². The number of anilines is 12. The molecule has 0 fully saturated rings. The zero-order valence-electron chi connectivity index (χ0n) is 64.3. The fourth-order valence-corrected chi connectivity index (χ4v) is 22.1. The van der Waals surface area contributed by atoms with Gasteiger partial charge in [0.2, 0.25) is 0 Å². The fraction of sp³-hybridized carbons (Fsp3) is 0.0545. The van der Waals surface area contributed by atoms with E-state index in [0.717, 1.165) is 74.7 Å². The van der Waals surface area contributed by atoms with E-state index in [1.807, 2.05) is 23.5 Å². The van der Waals surface area contributed by atoms with E-state index in [2.05, 4.69) is 435 Å². The largest absolute Gasteiger partial charge is 0.310 e. The molecule has 4 nitrogen and oxygen atoms in total. The van der Waals surface area contributed by atoms with Gasteiger partial charge in [0.1, 0.15) is 0 Å². The zero-order valence-corrected chi connectivity index (χ0v) is 66.0. The van der Waals surface area contributed by atoms with E-state index in [4.69, 9.17) is 0 Å². The predicted molar refractivity (Wildman–Crippen MR) is 491 cm³/mol. The van der Waals surface area contributed by atoms with E-state index in [1.54, 1.807) is 0 Å². The van der Waals surface area contributed by atoms with Crippen LogP contribution in [0.3, 0.4) is 0 Å². The molecule has 19 aromatic carbocycles. The van der Waals surface area contributed by atoms with Crippen molar-refractivity contribution in [2.45, 2.75) is 57.6 Å². The molecule has 2 aliphatic heterocycles. The molecule has 0 saturated heterocycles. The second-order valence-electron chi connectivity index (χ2n) is 32.2. The molecular formula is C110H76N4S2. The Balaban J connectivity index is 0.578. The normalized spacial score (nSPS) is 14.2. The van der Waals surface area contributed by atoms with Crippen LogP contribution < -0.4 is 19.6 Å². The van der Waals surface area contributed by atoms with Gasteiger partial charge >= 0.3 is 0 Å². The van der Waals surface area contributed by atoms with Gasteiger partial charge < -0.3 is 19.6 Å². The Morgan fingerprint density at radius 3 is 1.09 bits per heavy atom. The Labute approximate surface area is 684 Å². The van der Waals surface area contributed by atoms with Gasteiger partial charge in [0, 0.05) is 109 Å². The molecule has 548 valence electrons. The summed E-state index contributed by atoms with van der Waals surface area (Å²) >= 11 is 3.77. The number of nitrogens with zero attached hydrogens (tertiary/aromatic N) is 4. The molecule has 0 aromatic heterocycles. The van der Waals surface area contributed by atoms with Crippen molar-refractivity contribution in [2.75, 3.05) is 19.6 Å². The zero-order chi connectivity index (χ0) is 76.9. The third-order valence-electron chi connectivity index (χ3n) is 25.1. The first-order valence-electron chi connectivity index (χ1n) is 40.2. The van der Waals surface area contributed by atoms with Crippen LogP contribution in [0.5, 0.6) is 0 Å². The molecule has 0 spiro atoms. The average Bonchev–Trinajstić information content (AvgIpc) is 1.06. The molecule has 6 heteroatoms. The molecule has 116 heavy (non-hydrogen) atoms. The van der Waals surface area contributed by atoms with Gasteiger partial charge in [0.15, 0.2) is 0 Å². The summed E-state index contributed by atoms with van der Waals surface area (Å²) < 4.78 is 0. The van der Waals surface area contributed by atoms with E-state index in [1.165, 1.54) is 146 Å². The average molecular weight is 1520 g/mol.